The molecular weight excluding hydrogens is 471 g/mol. The molecule has 6 nitrogen and oxygen atoms in total. The van der Waals surface area contributed by atoms with Crippen LogP contribution in [-0.2, 0) is 14.4 Å². The van der Waals surface area contributed by atoms with E-state index in [1.54, 1.807) is 4.90 Å². The molecule has 9 heteroatoms. The Morgan fingerprint density at radius 2 is 1.00 bits per heavy atom. The minimum atomic E-state index is -2.65. The molecule has 3 fully saturated rings. The largest absolute Gasteiger partial charge is 0.343 e. The summed E-state index contributed by atoms with van der Waals surface area (Å²) in [5.74, 6) is -2.41. The van der Waals surface area contributed by atoms with Crippen molar-refractivity contribution in [3.63, 3.8) is 0 Å². The number of nitrogens with zero attached hydrogens (tertiary/aromatic N) is 3. The third-order valence-electron chi connectivity index (χ3n) is 5.64. The first-order chi connectivity index (χ1) is 16.1. The lowest BCUT2D eigenvalue weighted by Gasteiger charge is -2.39. The first-order valence-electron chi connectivity index (χ1n) is 12.9. The van der Waals surface area contributed by atoms with Crippen molar-refractivity contribution in [1.29, 1.82) is 0 Å². The van der Waals surface area contributed by atoms with Gasteiger partial charge in [0, 0.05) is 32.4 Å². The van der Waals surface area contributed by atoms with Crippen LogP contribution in [0.5, 0.6) is 0 Å². The third-order valence-corrected chi connectivity index (χ3v) is 5.64. The Morgan fingerprint density at radius 1 is 0.667 bits per heavy atom. The molecule has 0 unspecified atom stereocenters. The summed E-state index contributed by atoms with van der Waals surface area (Å²) >= 11 is 0. The molecule has 0 aromatic carbocycles. The molecule has 0 saturated carbocycles. The lowest BCUT2D eigenvalue weighted by atomic mass is 9.91. The van der Waals surface area contributed by atoms with E-state index in [2.05, 4.69) is 20.8 Å². The molecule has 0 aliphatic carbocycles. The van der Waals surface area contributed by atoms with Gasteiger partial charge in [-0.05, 0) is 22.7 Å². The van der Waals surface area contributed by atoms with Crippen molar-refractivity contribution in [3.05, 3.63) is 0 Å². The van der Waals surface area contributed by atoms with Crippen LogP contribution in [0.3, 0.4) is 0 Å². The van der Waals surface area contributed by atoms with E-state index in [-0.39, 0.29) is 28.1 Å². The van der Waals surface area contributed by atoms with E-state index in [1.165, 1.54) is 11.3 Å². The fourth-order valence-corrected chi connectivity index (χ4v) is 3.58. The van der Waals surface area contributed by atoms with Crippen LogP contribution in [0.15, 0.2) is 0 Å². The smallest absolute Gasteiger partial charge is 0.282 e. The average molecular weight is 520 g/mol. The maximum Gasteiger partial charge on any atom is 0.282 e. The average Bonchev–Trinajstić information content (AvgIpc) is 2.51. The molecule has 3 rings (SSSR count). The van der Waals surface area contributed by atoms with E-state index in [4.69, 9.17) is 0 Å². The van der Waals surface area contributed by atoms with Gasteiger partial charge in [0.05, 0.1) is 26.2 Å². The zero-order valence-corrected chi connectivity index (χ0v) is 23.8. The Morgan fingerprint density at radius 3 is 1.25 bits per heavy atom. The van der Waals surface area contributed by atoms with Crippen molar-refractivity contribution < 1.29 is 27.6 Å². The van der Waals surface area contributed by atoms with E-state index in [0.29, 0.717) is 38.3 Å². The summed E-state index contributed by atoms with van der Waals surface area (Å²) in [6.45, 7) is 19.9. The minimum Gasteiger partial charge on any atom is -0.343 e. The van der Waals surface area contributed by atoms with Gasteiger partial charge in [0.15, 0.2) is 0 Å². The summed E-state index contributed by atoms with van der Waals surface area (Å²) < 4.78 is 37.1. The number of halogens is 3. The summed E-state index contributed by atoms with van der Waals surface area (Å²) in [4.78, 5) is 38.8. The van der Waals surface area contributed by atoms with Gasteiger partial charge >= 0.3 is 0 Å². The molecule has 3 aliphatic rings. The van der Waals surface area contributed by atoms with E-state index >= 15 is 0 Å². The van der Waals surface area contributed by atoms with E-state index in [9.17, 15) is 27.6 Å². The van der Waals surface area contributed by atoms with Gasteiger partial charge in [0.25, 0.3) is 5.92 Å². The summed E-state index contributed by atoms with van der Waals surface area (Å²) in [6.07, 6.45) is 1.94. The Balaban J connectivity index is 0.000000271. The molecule has 3 amide bonds. The lowest BCUT2D eigenvalue weighted by molar-refractivity contribution is -0.167. The van der Waals surface area contributed by atoms with Crippen LogP contribution < -0.4 is 0 Å². The zero-order valence-electron chi connectivity index (χ0n) is 23.8. The van der Waals surface area contributed by atoms with E-state index in [0.717, 1.165) is 13.1 Å². The molecule has 0 aromatic heterocycles. The zero-order chi connectivity index (χ0) is 28.1. The van der Waals surface area contributed by atoms with Gasteiger partial charge in [-0.15, -0.1) is 0 Å². The SMILES string of the molecule is CC(C)(C)CC(=O)N1CC(F)(F)C1.CC(C)(C)CC(=O)N1CC(F)C1.CC(C)(C)CC(=O)N1CCC1. The van der Waals surface area contributed by atoms with E-state index < -0.39 is 25.2 Å². The van der Waals surface area contributed by atoms with Gasteiger partial charge in [-0.3, -0.25) is 14.4 Å². The van der Waals surface area contributed by atoms with Crippen molar-refractivity contribution in [1.82, 2.24) is 14.7 Å². The molecule has 3 saturated heterocycles. The number of alkyl halides is 3. The maximum absolute atomic E-state index is 12.4. The van der Waals surface area contributed by atoms with Gasteiger partial charge in [0.1, 0.15) is 6.17 Å². The fraction of sp³-hybridized carbons (Fsp3) is 0.889. The number of hydrogen-bond donors (Lipinski definition) is 0. The third kappa shape index (κ3) is 12.9. The van der Waals surface area contributed by atoms with Gasteiger partial charge in [-0.1, -0.05) is 62.3 Å². The highest BCUT2D eigenvalue weighted by molar-refractivity contribution is 5.78. The quantitative estimate of drug-likeness (QED) is 0.518. The maximum atomic E-state index is 12.4. The number of carbonyl (C=O) groups is 3. The van der Waals surface area contributed by atoms with Gasteiger partial charge < -0.3 is 14.7 Å². The predicted molar refractivity (Wildman–Crippen MR) is 136 cm³/mol. The van der Waals surface area contributed by atoms with Crippen LogP contribution in [0.25, 0.3) is 0 Å². The fourth-order valence-electron chi connectivity index (χ4n) is 3.58. The molecular formula is C27H48F3N3O3. The molecule has 210 valence electrons. The van der Waals surface area contributed by atoms with Crippen LogP contribution in [0.2, 0.25) is 0 Å². The molecule has 3 heterocycles. The highest BCUT2D eigenvalue weighted by Crippen LogP contribution is 2.29. The molecule has 0 radical (unpaired) electrons. The summed E-state index contributed by atoms with van der Waals surface area (Å²) in [5, 5.41) is 0. The predicted octanol–water partition coefficient (Wildman–Crippen LogP) is 5.16. The highest BCUT2D eigenvalue weighted by Gasteiger charge is 2.46. The van der Waals surface area contributed by atoms with Gasteiger partial charge in [-0.2, -0.15) is 0 Å². The van der Waals surface area contributed by atoms with Crippen molar-refractivity contribution in [2.45, 2.75) is 100 Å². The molecule has 0 spiro atoms. The minimum absolute atomic E-state index is 0.0124. The normalized spacial score (nSPS) is 19.5. The van der Waals surface area contributed by atoms with Crippen LogP contribution in [-0.4, -0.2) is 83.8 Å². The first-order valence-corrected chi connectivity index (χ1v) is 12.9. The Hall–Kier alpha value is -1.80. The highest BCUT2D eigenvalue weighted by atomic mass is 19.3. The monoisotopic (exact) mass is 519 g/mol. The molecule has 0 bridgehead atoms. The number of carbonyl (C=O) groups excluding carboxylic acids is 3. The van der Waals surface area contributed by atoms with E-state index in [1.807, 2.05) is 46.4 Å². The second-order valence-electron chi connectivity index (χ2n) is 13.9. The van der Waals surface area contributed by atoms with Gasteiger partial charge in [-0.25, -0.2) is 13.2 Å². The Bertz CT molecular complexity index is 749. The van der Waals surface area contributed by atoms with Crippen molar-refractivity contribution in [3.8, 4) is 0 Å². The Labute approximate surface area is 215 Å². The van der Waals surface area contributed by atoms with Crippen molar-refractivity contribution in [2.75, 3.05) is 39.3 Å². The van der Waals surface area contributed by atoms with Gasteiger partial charge in [0.2, 0.25) is 17.7 Å². The van der Waals surface area contributed by atoms with Crippen molar-refractivity contribution >= 4 is 17.7 Å². The number of hydrogen-bond acceptors (Lipinski definition) is 3. The van der Waals surface area contributed by atoms with Crippen molar-refractivity contribution in [2.24, 2.45) is 16.2 Å². The molecule has 0 N–H and O–H groups in total. The molecule has 3 aliphatic heterocycles. The van der Waals surface area contributed by atoms with Crippen LogP contribution >= 0.6 is 0 Å². The van der Waals surface area contributed by atoms with Crippen LogP contribution in [0.1, 0.15) is 88.0 Å². The number of likely N-dealkylation sites (tertiary alicyclic amines) is 3. The molecule has 0 atom stereocenters. The molecule has 36 heavy (non-hydrogen) atoms. The number of rotatable bonds is 3. The molecule has 0 aromatic rings. The second-order valence-corrected chi connectivity index (χ2v) is 13.9. The lowest BCUT2D eigenvalue weighted by Crippen LogP contribution is -2.58. The summed E-state index contributed by atoms with van der Waals surface area (Å²) in [6, 6.07) is 0. The van der Waals surface area contributed by atoms with Crippen LogP contribution in [0.4, 0.5) is 13.2 Å². The second kappa shape index (κ2) is 12.2. The van der Waals surface area contributed by atoms with Crippen LogP contribution in [0, 0.1) is 16.2 Å². The topological polar surface area (TPSA) is 60.9 Å². The Kier molecular flexibility index (Phi) is 10.9. The first kappa shape index (κ1) is 32.2. The summed E-state index contributed by atoms with van der Waals surface area (Å²) in [5.41, 5.74) is 0.0348. The summed E-state index contributed by atoms with van der Waals surface area (Å²) in [7, 11) is 0. The standard InChI is InChI=1S/C9H15F2NO.C9H16FNO.C9H17NO/c1-8(2,3)4-7(13)12-5-9(10,11)6-12;1-9(2,3)4-8(12)11-5-7(10)6-11;1-9(2,3)7-8(11)10-5-4-6-10/h4-6H2,1-3H3;7H,4-6H2,1-3H3;4-7H2,1-3H3. The number of amides is 3.